The summed E-state index contributed by atoms with van der Waals surface area (Å²) in [4.78, 5) is 7.76. The second kappa shape index (κ2) is 4.35. The maximum atomic E-state index is 4.96. The first-order valence-electron chi connectivity index (χ1n) is 2.14. The van der Waals surface area contributed by atoms with Crippen molar-refractivity contribution in [1.82, 2.24) is 0 Å². The Morgan fingerprint density at radius 3 is 2.50 bits per heavy atom. The molecule has 48 valence electrons. The third-order valence-corrected chi connectivity index (χ3v) is 0.504. The van der Waals surface area contributed by atoms with E-state index in [1.807, 2.05) is 0 Å². The molecule has 0 fully saturated rings. The van der Waals surface area contributed by atoms with Gasteiger partial charge >= 0.3 is 0 Å². The minimum absolute atomic E-state index is 0.0575. The van der Waals surface area contributed by atoms with Crippen LogP contribution in [0, 0.1) is 0 Å². The van der Waals surface area contributed by atoms with Gasteiger partial charge in [-0.3, -0.25) is 4.99 Å². The zero-order chi connectivity index (χ0) is 6.41. The second-order valence-electron chi connectivity index (χ2n) is 1.18. The van der Waals surface area contributed by atoms with Gasteiger partial charge in [0.05, 0.1) is 13.2 Å². The van der Waals surface area contributed by atoms with Crippen molar-refractivity contribution in [3.8, 4) is 0 Å². The van der Waals surface area contributed by atoms with Crippen LogP contribution in [-0.2, 0) is 4.84 Å². The molecule has 0 heterocycles. The highest BCUT2D eigenvalue weighted by Gasteiger charge is 1.79. The van der Waals surface area contributed by atoms with Crippen LogP contribution in [0.2, 0.25) is 0 Å². The van der Waals surface area contributed by atoms with E-state index in [0.29, 0.717) is 13.2 Å². The third-order valence-electron chi connectivity index (χ3n) is 0.504. The number of aliphatic imine (C=N–C) groups is 1. The van der Waals surface area contributed by atoms with Crippen LogP contribution in [0.5, 0.6) is 0 Å². The van der Waals surface area contributed by atoms with Crippen LogP contribution in [0.1, 0.15) is 0 Å². The summed E-state index contributed by atoms with van der Waals surface area (Å²) in [6.07, 6.45) is 0. The molecule has 5 nitrogen and oxygen atoms in total. The molecule has 0 spiro atoms. The average Bonchev–Trinajstić information content (AvgIpc) is 1.66. The Balaban J connectivity index is 3.03. The largest absolute Gasteiger partial charge is 0.370 e. The lowest BCUT2D eigenvalue weighted by Gasteiger charge is -1.90. The topological polar surface area (TPSA) is 99.6 Å². The van der Waals surface area contributed by atoms with Gasteiger partial charge in [0.25, 0.3) is 0 Å². The lowest BCUT2D eigenvalue weighted by Crippen LogP contribution is -2.23. The van der Waals surface area contributed by atoms with Crippen molar-refractivity contribution in [2.45, 2.75) is 0 Å². The minimum atomic E-state index is 0.0575. The molecule has 0 aromatic rings. The van der Waals surface area contributed by atoms with E-state index in [9.17, 15) is 0 Å². The second-order valence-corrected chi connectivity index (χ2v) is 1.18. The van der Waals surface area contributed by atoms with E-state index in [0.717, 1.165) is 0 Å². The van der Waals surface area contributed by atoms with Gasteiger partial charge in [0.15, 0.2) is 5.96 Å². The summed E-state index contributed by atoms with van der Waals surface area (Å²) in [6, 6.07) is 0. The zero-order valence-corrected chi connectivity index (χ0v) is 4.50. The highest BCUT2D eigenvalue weighted by molar-refractivity contribution is 5.75. The summed E-state index contributed by atoms with van der Waals surface area (Å²) < 4.78 is 0. The zero-order valence-electron chi connectivity index (χ0n) is 4.50. The fourth-order valence-electron chi connectivity index (χ4n) is 0.227. The molecule has 0 aliphatic carbocycles. The number of nitrogens with zero attached hydrogens (tertiary/aromatic N) is 1. The fraction of sp³-hybridized carbons (Fsp3) is 0.667. The standard InChI is InChI=1S/C3H10N4O/c4-3(5)7-1-2-8-6/h1-2,6H2,(H4,4,5,7). The van der Waals surface area contributed by atoms with Gasteiger partial charge in [-0.15, -0.1) is 0 Å². The van der Waals surface area contributed by atoms with Gasteiger partial charge < -0.3 is 16.3 Å². The summed E-state index contributed by atoms with van der Waals surface area (Å²) >= 11 is 0. The molecule has 0 atom stereocenters. The Bertz CT molecular complexity index is 77.4. The fourth-order valence-corrected chi connectivity index (χ4v) is 0.227. The van der Waals surface area contributed by atoms with Crippen molar-refractivity contribution in [3.05, 3.63) is 0 Å². The Kier molecular flexibility index (Phi) is 3.91. The smallest absolute Gasteiger partial charge is 0.185 e. The molecule has 0 bridgehead atoms. The van der Waals surface area contributed by atoms with E-state index in [-0.39, 0.29) is 5.96 Å². The molecule has 6 N–H and O–H groups in total. The van der Waals surface area contributed by atoms with E-state index >= 15 is 0 Å². The Hall–Kier alpha value is -0.810. The van der Waals surface area contributed by atoms with Gasteiger partial charge in [0.2, 0.25) is 0 Å². The SMILES string of the molecule is NOCCN=C(N)N. The molecule has 0 saturated heterocycles. The summed E-state index contributed by atoms with van der Waals surface area (Å²) in [7, 11) is 0. The Morgan fingerprint density at radius 2 is 2.12 bits per heavy atom. The third kappa shape index (κ3) is 5.19. The molecule has 0 aromatic carbocycles. The molecule has 0 radical (unpaired) electrons. The molecule has 0 rings (SSSR count). The normalized spacial score (nSPS) is 8.62. The molecule has 0 saturated carbocycles. The molecule has 0 amide bonds. The average molecular weight is 118 g/mol. The van der Waals surface area contributed by atoms with E-state index in [1.165, 1.54) is 0 Å². The summed E-state index contributed by atoms with van der Waals surface area (Å²) in [6.45, 7) is 0.761. The molecule has 8 heavy (non-hydrogen) atoms. The van der Waals surface area contributed by atoms with Crippen LogP contribution >= 0.6 is 0 Å². The van der Waals surface area contributed by atoms with Crippen LogP contribution < -0.4 is 17.4 Å². The summed E-state index contributed by atoms with van der Waals surface area (Å²) in [5.74, 6) is 4.72. The van der Waals surface area contributed by atoms with Gasteiger partial charge in [-0.05, 0) is 0 Å². The van der Waals surface area contributed by atoms with Crippen LogP contribution in [-0.4, -0.2) is 19.1 Å². The maximum absolute atomic E-state index is 4.96. The summed E-state index contributed by atoms with van der Waals surface area (Å²) in [5.41, 5.74) is 9.93. The van der Waals surface area contributed by atoms with E-state index in [2.05, 4.69) is 15.7 Å². The van der Waals surface area contributed by atoms with E-state index in [4.69, 9.17) is 11.5 Å². The minimum Gasteiger partial charge on any atom is -0.370 e. The van der Waals surface area contributed by atoms with E-state index < -0.39 is 0 Å². The highest BCUT2D eigenvalue weighted by atomic mass is 16.6. The van der Waals surface area contributed by atoms with Gasteiger partial charge in [-0.25, -0.2) is 5.90 Å². The number of nitrogens with two attached hydrogens (primary N) is 3. The monoisotopic (exact) mass is 118 g/mol. The molecule has 0 unspecified atom stereocenters. The number of guanidine groups is 1. The first kappa shape index (κ1) is 7.19. The van der Waals surface area contributed by atoms with Crippen molar-refractivity contribution >= 4 is 5.96 Å². The number of rotatable bonds is 3. The lowest BCUT2D eigenvalue weighted by atomic mass is 10.7. The van der Waals surface area contributed by atoms with Gasteiger partial charge in [0.1, 0.15) is 0 Å². The number of hydrogen-bond acceptors (Lipinski definition) is 3. The first-order valence-corrected chi connectivity index (χ1v) is 2.14. The molecule has 5 heteroatoms. The molecular weight excluding hydrogens is 108 g/mol. The van der Waals surface area contributed by atoms with Gasteiger partial charge in [-0.1, -0.05) is 0 Å². The first-order chi connectivity index (χ1) is 3.77. The van der Waals surface area contributed by atoms with Crippen molar-refractivity contribution in [2.24, 2.45) is 22.4 Å². The molecular formula is C3H10N4O. The van der Waals surface area contributed by atoms with Crippen molar-refractivity contribution < 1.29 is 4.84 Å². The van der Waals surface area contributed by atoms with Crippen molar-refractivity contribution in [2.75, 3.05) is 13.2 Å². The quantitative estimate of drug-likeness (QED) is 0.175. The lowest BCUT2D eigenvalue weighted by molar-refractivity contribution is 0.146. The number of hydrogen-bond donors (Lipinski definition) is 3. The Morgan fingerprint density at radius 1 is 1.50 bits per heavy atom. The van der Waals surface area contributed by atoms with Crippen molar-refractivity contribution in [1.29, 1.82) is 0 Å². The van der Waals surface area contributed by atoms with Crippen LogP contribution in [0.4, 0.5) is 0 Å². The molecule has 0 aliphatic rings. The summed E-state index contributed by atoms with van der Waals surface area (Å²) in [5, 5.41) is 0. The van der Waals surface area contributed by atoms with Crippen LogP contribution in [0.25, 0.3) is 0 Å². The van der Waals surface area contributed by atoms with Crippen LogP contribution in [0.15, 0.2) is 4.99 Å². The molecule has 0 aromatic heterocycles. The van der Waals surface area contributed by atoms with Gasteiger partial charge in [0, 0.05) is 0 Å². The highest BCUT2D eigenvalue weighted by Crippen LogP contribution is 1.66. The van der Waals surface area contributed by atoms with Gasteiger partial charge in [-0.2, -0.15) is 0 Å². The van der Waals surface area contributed by atoms with Crippen molar-refractivity contribution in [3.63, 3.8) is 0 Å². The van der Waals surface area contributed by atoms with E-state index in [1.54, 1.807) is 0 Å². The maximum Gasteiger partial charge on any atom is 0.185 e. The molecule has 0 aliphatic heterocycles. The van der Waals surface area contributed by atoms with Crippen LogP contribution in [0.3, 0.4) is 0 Å². The predicted molar refractivity (Wildman–Crippen MR) is 30.8 cm³/mol. The Labute approximate surface area is 47.5 Å². The predicted octanol–water partition coefficient (Wildman–Crippen LogP) is -1.85.